The van der Waals surface area contributed by atoms with Gasteiger partial charge in [-0.25, -0.2) is 0 Å². The molecule has 0 bridgehead atoms. The molecule has 10 heavy (non-hydrogen) atoms. The minimum absolute atomic E-state index is 0. The predicted octanol–water partition coefficient (Wildman–Crippen LogP) is 0.226. The summed E-state index contributed by atoms with van der Waals surface area (Å²) in [5.74, 6) is 0. The molecule has 0 radical (unpaired) electrons. The van der Waals surface area contributed by atoms with Crippen molar-refractivity contribution >= 4 is 0 Å². The molecule has 0 atom stereocenters. The van der Waals surface area contributed by atoms with Crippen molar-refractivity contribution in [3.05, 3.63) is 15.6 Å². The summed E-state index contributed by atoms with van der Waals surface area (Å²) in [5.41, 5.74) is 0. The molecule has 0 aromatic carbocycles. The molecule has 0 aliphatic rings. The van der Waals surface area contributed by atoms with E-state index >= 15 is 0 Å². The SMILES string of the molecule is [C-]#[Cr].[C-]#[Cr].[C-]#[Cr]#[Cr].[Cr+2].[Cr]=[Cr]. The van der Waals surface area contributed by atoms with Gasteiger partial charge in [-0.2, -0.15) is 0 Å². The van der Waals surface area contributed by atoms with Crippen molar-refractivity contribution in [1.82, 2.24) is 0 Å². The Bertz CT molecular complexity index is 145. The van der Waals surface area contributed by atoms with Crippen molar-refractivity contribution in [3.8, 4) is 0 Å². The van der Waals surface area contributed by atoms with E-state index in [9.17, 15) is 0 Å². The number of rotatable bonds is 0. The van der Waals surface area contributed by atoms with Crippen molar-refractivity contribution in [2.75, 3.05) is 0 Å². The zero-order valence-electron chi connectivity index (χ0n) is 4.36. The van der Waals surface area contributed by atoms with Crippen LogP contribution in [0.1, 0.15) is 0 Å². The third kappa shape index (κ3) is 119. The van der Waals surface area contributed by atoms with E-state index in [0.717, 1.165) is 0 Å². The van der Waals surface area contributed by atoms with Gasteiger partial charge in [0.1, 0.15) is 0 Å². The molecule has 0 aromatic heterocycles. The fourth-order valence-electron chi connectivity index (χ4n) is 0. The first-order valence-corrected chi connectivity index (χ1v) is 8.19. The maximum atomic E-state index is 6.22. The second-order valence-corrected chi connectivity index (χ2v) is 1.42. The molecule has 0 spiro atoms. The van der Waals surface area contributed by atoms with Crippen LogP contribution in [0.4, 0.5) is 0 Å². The topological polar surface area (TPSA) is 0 Å². The Morgan fingerprint density at radius 1 is 0.900 bits per heavy atom. The van der Waals surface area contributed by atoms with E-state index in [1.807, 2.05) is 31.3 Å². The Kier molecular flexibility index (Phi) is 261. The first kappa shape index (κ1) is 29.2. The molecule has 0 nitrogen and oxygen atoms in total. The van der Waals surface area contributed by atoms with Crippen LogP contribution in [-0.2, 0) is 102 Å². The summed E-state index contributed by atoms with van der Waals surface area (Å²) < 4.78 is 0. The van der Waals surface area contributed by atoms with Gasteiger partial charge in [0, 0.05) is 0 Å². The van der Waals surface area contributed by atoms with Crippen molar-refractivity contribution in [2.45, 2.75) is 0 Å². The first-order valence-electron chi connectivity index (χ1n) is 0.946. The van der Waals surface area contributed by atoms with Crippen LogP contribution in [0, 0.1) is 15.6 Å². The molecular formula is C3Cr7-. The number of hydrogen-bond donors (Lipinski definition) is 0. The van der Waals surface area contributed by atoms with E-state index in [0.29, 0.717) is 0 Å². The Morgan fingerprint density at radius 2 is 0.900 bits per heavy atom. The summed E-state index contributed by atoms with van der Waals surface area (Å²) in [6, 6.07) is 0. The zero-order valence-corrected chi connectivity index (χ0v) is 13.3. The molecule has 0 unspecified atom stereocenters. The fraction of sp³-hybridized carbons (Fsp3) is 0. The average molecular weight is 400 g/mol. The van der Waals surface area contributed by atoms with E-state index in [1.54, 1.807) is 0 Å². The van der Waals surface area contributed by atoms with Gasteiger partial charge >= 0.3 is 117 Å². The zero-order chi connectivity index (χ0) is 8.71. The molecule has 7 heteroatoms. The second kappa shape index (κ2) is 89.3. The molecule has 0 saturated carbocycles. The normalized spacial score (nSPS) is 1.40. The van der Waals surface area contributed by atoms with Crippen LogP contribution in [0.3, 0.4) is 0 Å². The van der Waals surface area contributed by atoms with Crippen LogP contribution in [0.2, 0.25) is 0 Å². The van der Waals surface area contributed by atoms with Gasteiger partial charge in [-0.15, -0.1) is 0 Å². The van der Waals surface area contributed by atoms with Gasteiger partial charge in [0.05, 0.1) is 0 Å². The second-order valence-electron chi connectivity index (χ2n) is 0.0833. The van der Waals surface area contributed by atoms with Gasteiger partial charge in [-0.3, -0.25) is 0 Å². The standard InChI is InChI=1S/3C.7Cr/q3*-1;;;;;;;+2. The van der Waals surface area contributed by atoms with E-state index in [1.165, 1.54) is 0 Å². The Hall–Kier alpha value is 3.07. The molecule has 0 saturated heterocycles. The van der Waals surface area contributed by atoms with Crippen molar-refractivity contribution in [2.24, 2.45) is 0 Å². The van der Waals surface area contributed by atoms with Gasteiger partial charge in [0.15, 0.2) is 0 Å². The van der Waals surface area contributed by atoms with Crippen LogP contribution >= 0.6 is 0 Å². The van der Waals surface area contributed by atoms with Crippen LogP contribution in [0.15, 0.2) is 0 Å². The summed E-state index contributed by atoms with van der Waals surface area (Å²) in [5, 5.41) is 17.5. The van der Waals surface area contributed by atoms with Crippen LogP contribution < -0.4 is 0 Å². The van der Waals surface area contributed by atoms with E-state index in [2.05, 4.69) is 41.3 Å². The summed E-state index contributed by atoms with van der Waals surface area (Å²) in [4.78, 5) is 0. The van der Waals surface area contributed by atoms with Gasteiger partial charge < -0.3 is 0 Å². The summed E-state index contributed by atoms with van der Waals surface area (Å²) in [6.45, 7) is 0. The van der Waals surface area contributed by atoms with E-state index in [-0.39, 0.29) is 29.3 Å². The van der Waals surface area contributed by atoms with Gasteiger partial charge in [-0.1, -0.05) is 0 Å². The van der Waals surface area contributed by atoms with Gasteiger partial charge in [0.2, 0.25) is 0 Å². The third-order valence-corrected chi connectivity index (χ3v) is 0. The quantitative estimate of drug-likeness (QED) is 0.511. The van der Waals surface area contributed by atoms with E-state index in [4.69, 9.17) is 15.6 Å². The van der Waals surface area contributed by atoms with Gasteiger partial charge in [-0.05, 0) is 0 Å². The molecule has 55 valence electrons. The summed E-state index contributed by atoms with van der Waals surface area (Å²) in [7, 11) is 0. The molecule has 0 heterocycles. The monoisotopic (exact) mass is 400 g/mol. The summed E-state index contributed by atoms with van der Waals surface area (Å²) >= 11 is 11.3. The molecule has 0 N–H and O–H groups in total. The predicted molar refractivity (Wildman–Crippen MR) is 9.73 cm³/mol. The molecule has 0 amide bonds. The number of hydrogen-bond acceptors (Lipinski definition) is 0. The van der Waals surface area contributed by atoms with Crippen LogP contribution in [0.5, 0.6) is 0 Å². The third-order valence-electron chi connectivity index (χ3n) is 0. The molecule has 0 aliphatic carbocycles. The maximum absolute atomic E-state index is 6.22. The van der Waals surface area contributed by atoms with Gasteiger partial charge in [0.25, 0.3) is 0 Å². The van der Waals surface area contributed by atoms with E-state index < -0.39 is 0 Å². The molecule has 0 aliphatic heterocycles. The Morgan fingerprint density at radius 3 is 0.900 bits per heavy atom. The van der Waals surface area contributed by atoms with Crippen LogP contribution in [-0.4, -0.2) is 0 Å². The van der Waals surface area contributed by atoms with Crippen molar-refractivity contribution < 1.29 is 102 Å². The molecule has 0 fully saturated rings. The van der Waals surface area contributed by atoms with Crippen LogP contribution in [0.25, 0.3) is 0 Å². The van der Waals surface area contributed by atoms with Crippen molar-refractivity contribution in [1.29, 1.82) is 0 Å². The molecule has 0 rings (SSSR count). The minimum atomic E-state index is 0. The first-order chi connectivity index (χ1) is 4.41. The summed E-state index contributed by atoms with van der Waals surface area (Å²) in [6.07, 6.45) is 0. The molecule has 0 aromatic rings. The van der Waals surface area contributed by atoms with Crippen molar-refractivity contribution in [3.63, 3.8) is 0 Å². The Balaban J connectivity index is -0.0000000110. The average Bonchev–Trinajstić information content (AvgIpc) is 2.01. The fourth-order valence-corrected chi connectivity index (χ4v) is 0. The Labute approximate surface area is 115 Å². The molecular weight excluding hydrogens is 400 g/mol.